The van der Waals surface area contributed by atoms with Crippen molar-refractivity contribution in [1.29, 1.82) is 0 Å². The van der Waals surface area contributed by atoms with Crippen molar-refractivity contribution in [3.63, 3.8) is 0 Å². The van der Waals surface area contributed by atoms with E-state index in [1.807, 2.05) is 23.5 Å². The van der Waals surface area contributed by atoms with Crippen LogP contribution in [0.3, 0.4) is 0 Å². The highest BCUT2D eigenvalue weighted by molar-refractivity contribution is 9.10. The van der Waals surface area contributed by atoms with Crippen LogP contribution in [0.15, 0.2) is 22.7 Å². The van der Waals surface area contributed by atoms with E-state index in [0.29, 0.717) is 16.3 Å². The summed E-state index contributed by atoms with van der Waals surface area (Å²) in [6.07, 6.45) is -4.67. The molecule has 1 aliphatic rings. The fourth-order valence-electron chi connectivity index (χ4n) is 1.89. The minimum Gasteiger partial charge on any atom is -0.405 e. The van der Waals surface area contributed by atoms with Crippen molar-refractivity contribution in [2.75, 3.05) is 23.8 Å². The fraction of sp³-hybridized carbons (Fsp3) is 0.538. The molecule has 1 aromatic rings. The van der Waals surface area contributed by atoms with Crippen LogP contribution in [0.5, 0.6) is 5.75 Å². The number of benzene rings is 1. The van der Waals surface area contributed by atoms with Crippen LogP contribution >= 0.6 is 39.5 Å². The molecule has 2 rings (SSSR count). The number of rotatable bonds is 5. The summed E-state index contributed by atoms with van der Waals surface area (Å²) >= 11 is 7.05. The Morgan fingerprint density at radius 1 is 1.33 bits per heavy atom. The van der Waals surface area contributed by atoms with E-state index in [4.69, 9.17) is 0 Å². The van der Waals surface area contributed by atoms with Gasteiger partial charge in [0.1, 0.15) is 5.75 Å². The smallest absolute Gasteiger partial charge is 0.405 e. The molecule has 0 saturated carbocycles. The van der Waals surface area contributed by atoms with Gasteiger partial charge in [-0.15, -0.1) is 13.2 Å². The average Bonchev–Trinajstić information content (AvgIpc) is 2.42. The Kier molecular flexibility index (Phi) is 6.58. The van der Waals surface area contributed by atoms with Crippen molar-refractivity contribution in [3.05, 3.63) is 28.2 Å². The van der Waals surface area contributed by atoms with Crippen molar-refractivity contribution in [1.82, 2.24) is 5.32 Å². The predicted molar refractivity (Wildman–Crippen MR) is 86.1 cm³/mol. The number of nitrogens with one attached hydrogen (secondary N) is 1. The van der Waals surface area contributed by atoms with E-state index < -0.39 is 6.36 Å². The number of hydrogen-bond donors (Lipinski definition) is 1. The Bertz CT molecular complexity index is 467. The molecular formula is C13H15BrF3NOS2. The maximum absolute atomic E-state index is 12.2. The summed E-state index contributed by atoms with van der Waals surface area (Å²) in [5.41, 5.74) is 0.921. The van der Waals surface area contributed by atoms with Crippen LogP contribution < -0.4 is 10.1 Å². The normalized spacial score (nSPS) is 19.5. The van der Waals surface area contributed by atoms with Gasteiger partial charge in [-0.1, -0.05) is 6.07 Å². The van der Waals surface area contributed by atoms with Gasteiger partial charge in [-0.05, 0) is 33.6 Å². The molecule has 1 N–H and O–H groups in total. The van der Waals surface area contributed by atoms with Gasteiger partial charge in [-0.2, -0.15) is 23.5 Å². The van der Waals surface area contributed by atoms with Crippen LogP contribution in [0.1, 0.15) is 5.56 Å². The quantitative estimate of drug-likeness (QED) is 0.793. The molecular weight excluding hydrogens is 387 g/mol. The zero-order valence-electron chi connectivity index (χ0n) is 11.1. The van der Waals surface area contributed by atoms with Gasteiger partial charge in [0.05, 0.1) is 4.47 Å². The summed E-state index contributed by atoms with van der Waals surface area (Å²) in [7, 11) is 0. The molecule has 1 fully saturated rings. The van der Waals surface area contributed by atoms with Gasteiger partial charge < -0.3 is 10.1 Å². The lowest BCUT2D eigenvalue weighted by molar-refractivity contribution is -0.274. The molecule has 1 heterocycles. The molecule has 0 bridgehead atoms. The van der Waals surface area contributed by atoms with Crippen LogP contribution in [0.2, 0.25) is 0 Å². The molecule has 0 aliphatic carbocycles. The van der Waals surface area contributed by atoms with E-state index in [1.165, 1.54) is 17.6 Å². The van der Waals surface area contributed by atoms with Gasteiger partial charge in [0.15, 0.2) is 0 Å². The van der Waals surface area contributed by atoms with Crippen LogP contribution in [0.4, 0.5) is 13.2 Å². The second-order valence-electron chi connectivity index (χ2n) is 4.51. The summed E-state index contributed by atoms with van der Waals surface area (Å²) in [5, 5.41) is 3.96. The first-order chi connectivity index (χ1) is 9.94. The zero-order valence-corrected chi connectivity index (χ0v) is 14.3. The maximum atomic E-state index is 12.2. The lowest BCUT2D eigenvalue weighted by atomic mass is 10.2. The molecule has 21 heavy (non-hydrogen) atoms. The van der Waals surface area contributed by atoms with Crippen molar-refractivity contribution >= 4 is 39.5 Å². The van der Waals surface area contributed by atoms with E-state index in [-0.39, 0.29) is 5.75 Å². The summed E-state index contributed by atoms with van der Waals surface area (Å²) in [6.45, 7) is 1.54. The van der Waals surface area contributed by atoms with Gasteiger partial charge in [-0.3, -0.25) is 0 Å². The molecule has 1 saturated heterocycles. The maximum Gasteiger partial charge on any atom is 0.573 e. The molecule has 0 spiro atoms. The molecule has 118 valence electrons. The number of ether oxygens (including phenoxy) is 1. The molecule has 8 heteroatoms. The first kappa shape index (κ1) is 17.3. The molecule has 1 unspecified atom stereocenters. The SMILES string of the molecule is FC(F)(F)Oc1ccc(CNCC2CSCCS2)cc1Br. The molecule has 1 aliphatic heterocycles. The van der Waals surface area contributed by atoms with Gasteiger partial charge in [0.25, 0.3) is 0 Å². The topological polar surface area (TPSA) is 21.3 Å². The van der Waals surface area contributed by atoms with Crippen molar-refractivity contribution < 1.29 is 17.9 Å². The Hall–Kier alpha value is -0.0500. The monoisotopic (exact) mass is 401 g/mol. The Balaban J connectivity index is 1.82. The Labute approximate surface area is 138 Å². The average molecular weight is 402 g/mol. The number of hydrogen-bond acceptors (Lipinski definition) is 4. The summed E-state index contributed by atoms with van der Waals surface area (Å²) in [5.74, 6) is 3.34. The van der Waals surface area contributed by atoms with Crippen molar-refractivity contribution in [2.45, 2.75) is 18.2 Å². The van der Waals surface area contributed by atoms with E-state index in [0.717, 1.165) is 17.9 Å². The molecule has 1 atom stereocenters. The summed E-state index contributed by atoms with van der Waals surface area (Å²) in [4.78, 5) is 0. The van der Waals surface area contributed by atoms with Gasteiger partial charge in [0.2, 0.25) is 0 Å². The molecule has 0 radical (unpaired) electrons. The largest absolute Gasteiger partial charge is 0.573 e. The van der Waals surface area contributed by atoms with E-state index >= 15 is 0 Å². The fourth-order valence-corrected chi connectivity index (χ4v) is 5.05. The minimum absolute atomic E-state index is 0.217. The van der Waals surface area contributed by atoms with E-state index in [2.05, 4.69) is 26.0 Å². The third-order valence-electron chi connectivity index (χ3n) is 2.81. The minimum atomic E-state index is -4.67. The zero-order chi connectivity index (χ0) is 15.3. The third kappa shape index (κ3) is 6.30. The summed E-state index contributed by atoms with van der Waals surface area (Å²) < 4.78 is 40.7. The Morgan fingerprint density at radius 3 is 2.76 bits per heavy atom. The number of halogens is 4. The van der Waals surface area contributed by atoms with Crippen LogP contribution in [0.25, 0.3) is 0 Å². The first-order valence-electron chi connectivity index (χ1n) is 6.38. The first-order valence-corrected chi connectivity index (χ1v) is 9.38. The highest BCUT2D eigenvalue weighted by Gasteiger charge is 2.31. The van der Waals surface area contributed by atoms with E-state index in [1.54, 1.807) is 12.1 Å². The lowest BCUT2D eigenvalue weighted by Gasteiger charge is -2.21. The van der Waals surface area contributed by atoms with Crippen LogP contribution in [-0.4, -0.2) is 35.4 Å². The summed E-state index contributed by atoms with van der Waals surface area (Å²) in [6, 6.07) is 4.62. The lowest BCUT2D eigenvalue weighted by Crippen LogP contribution is -2.28. The Morgan fingerprint density at radius 2 is 2.14 bits per heavy atom. The number of thioether (sulfide) groups is 2. The predicted octanol–water partition coefficient (Wildman–Crippen LogP) is 4.29. The van der Waals surface area contributed by atoms with E-state index in [9.17, 15) is 13.2 Å². The van der Waals surface area contributed by atoms with Crippen LogP contribution in [0, 0.1) is 0 Å². The second kappa shape index (κ2) is 7.99. The van der Waals surface area contributed by atoms with Crippen LogP contribution in [-0.2, 0) is 6.54 Å². The third-order valence-corrected chi connectivity index (χ3v) is 6.27. The second-order valence-corrected chi connectivity index (χ2v) is 7.92. The van der Waals surface area contributed by atoms with Gasteiger partial charge >= 0.3 is 6.36 Å². The van der Waals surface area contributed by atoms with Crippen molar-refractivity contribution in [3.8, 4) is 5.75 Å². The molecule has 0 aromatic heterocycles. The molecule has 0 amide bonds. The molecule has 1 aromatic carbocycles. The highest BCUT2D eigenvalue weighted by Crippen LogP contribution is 2.31. The highest BCUT2D eigenvalue weighted by atomic mass is 79.9. The van der Waals surface area contributed by atoms with Gasteiger partial charge in [-0.25, -0.2) is 0 Å². The number of alkyl halides is 3. The standard InChI is InChI=1S/C13H15BrF3NOS2/c14-11-5-9(1-2-12(11)19-13(15,16)17)6-18-7-10-8-20-3-4-21-10/h1-2,5,10,18H,3-4,6-8H2. The van der Waals surface area contributed by atoms with Gasteiger partial charge in [0, 0.05) is 35.6 Å². The van der Waals surface area contributed by atoms with Crippen molar-refractivity contribution in [2.24, 2.45) is 0 Å². The molecule has 2 nitrogen and oxygen atoms in total.